The molecule has 2 heteroatoms. The maximum Gasteiger partial charge on any atom is 0.00411 e. The monoisotopic (exact) mass is 202 g/mol. The Morgan fingerprint density at radius 1 is 0.786 bits per heavy atom. The van der Waals surface area contributed by atoms with E-state index >= 15 is 0 Å². The number of hydrogen-bond donors (Lipinski definition) is 0. The zero-order valence-corrected chi connectivity index (χ0v) is 11.5. The van der Waals surface area contributed by atoms with Gasteiger partial charge in [-0.25, -0.2) is 0 Å². The first kappa shape index (κ1) is 16.4. The van der Waals surface area contributed by atoms with E-state index in [0.29, 0.717) is 12.1 Å². The van der Waals surface area contributed by atoms with E-state index in [1.807, 2.05) is 0 Å². The van der Waals surface area contributed by atoms with Crippen molar-refractivity contribution in [2.75, 3.05) is 27.2 Å². The van der Waals surface area contributed by atoms with Crippen LogP contribution in [0.3, 0.4) is 0 Å². The van der Waals surface area contributed by atoms with Gasteiger partial charge in [-0.15, -0.1) is 0 Å². The van der Waals surface area contributed by atoms with Crippen LogP contribution in [0.4, 0.5) is 0 Å². The van der Waals surface area contributed by atoms with Crippen molar-refractivity contribution in [3.63, 3.8) is 0 Å². The number of hydrogen-bond acceptors (Lipinski definition) is 2. The molecule has 0 aliphatic heterocycles. The highest BCUT2D eigenvalue weighted by Crippen LogP contribution is 2.02. The van der Waals surface area contributed by atoms with Crippen LogP contribution in [-0.2, 0) is 0 Å². The summed E-state index contributed by atoms with van der Waals surface area (Å²) in [5.41, 5.74) is 0. The van der Waals surface area contributed by atoms with Crippen LogP contribution in [0, 0.1) is 0 Å². The molecule has 0 aromatic rings. The average molecular weight is 202 g/mol. The molecule has 0 aliphatic carbocycles. The zero-order chi connectivity index (χ0) is 11.7. The van der Waals surface area contributed by atoms with Crippen molar-refractivity contribution in [2.45, 2.75) is 53.6 Å². The molecule has 0 heterocycles. The van der Waals surface area contributed by atoms with Gasteiger partial charge in [0.05, 0.1) is 0 Å². The Labute approximate surface area is 91.3 Å². The molecule has 0 unspecified atom stereocenters. The van der Waals surface area contributed by atoms with Crippen molar-refractivity contribution in [2.24, 2.45) is 0 Å². The fourth-order valence-corrected chi connectivity index (χ4v) is 1.33. The summed E-state index contributed by atoms with van der Waals surface area (Å²) in [7, 11) is 4.11. The lowest BCUT2D eigenvalue weighted by Crippen LogP contribution is -2.36. The van der Waals surface area contributed by atoms with E-state index in [4.69, 9.17) is 0 Å². The Hall–Kier alpha value is -0.0800. The molecule has 0 fully saturated rings. The van der Waals surface area contributed by atoms with Crippen molar-refractivity contribution in [3.05, 3.63) is 0 Å². The SMILES string of the molecule is CCN(C(C)C)C(C)C.CCN(C)C. The summed E-state index contributed by atoms with van der Waals surface area (Å²) in [6.07, 6.45) is 0. The Morgan fingerprint density at radius 2 is 1.07 bits per heavy atom. The van der Waals surface area contributed by atoms with Crippen LogP contribution >= 0.6 is 0 Å². The molecule has 0 atom stereocenters. The summed E-state index contributed by atoms with van der Waals surface area (Å²) in [6.45, 7) is 15.6. The summed E-state index contributed by atoms with van der Waals surface area (Å²) >= 11 is 0. The summed E-state index contributed by atoms with van der Waals surface area (Å²) in [6, 6.07) is 1.38. The normalized spacial score (nSPS) is 11.1. The Morgan fingerprint density at radius 3 is 1.07 bits per heavy atom. The van der Waals surface area contributed by atoms with Crippen LogP contribution < -0.4 is 0 Å². The third-order valence-corrected chi connectivity index (χ3v) is 2.32. The van der Waals surface area contributed by atoms with Crippen LogP contribution in [0.5, 0.6) is 0 Å². The summed E-state index contributed by atoms with van der Waals surface area (Å²) in [5.74, 6) is 0. The molecule has 14 heavy (non-hydrogen) atoms. The molecular weight excluding hydrogens is 172 g/mol. The zero-order valence-electron chi connectivity index (χ0n) is 11.5. The fraction of sp³-hybridized carbons (Fsp3) is 1.00. The maximum atomic E-state index is 2.46. The molecule has 0 rings (SSSR count). The van der Waals surface area contributed by atoms with Gasteiger partial charge in [0.15, 0.2) is 0 Å². The highest BCUT2D eigenvalue weighted by atomic mass is 15.2. The predicted molar refractivity (Wildman–Crippen MR) is 66.9 cm³/mol. The van der Waals surface area contributed by atoms with Crippen molar-refractivity contribution in [3.8, 4) is 0 Å². The lowest BCUT2D eigenvalue weighted by atomic mass is 10.2. The first-order valence-electron chi connectivity index (χ1n) is 5.77. The lowest BCUT2D eigenvalue weighted by Gasteiger charge is -2.28. The minimum absolute atomic E-state index is 0.690. The maximum absolute atomic E-state index is 2.46. The first-order valence-corrected chi connectivity index (χ1v) is 5.77. The molecule has 0 bridgehead atoms. The van der Waals surface area contributed by atoms with Crippen LogP contribution in [0.25, 0.3) is 0 Å². The molecule has 0 saturated carbocycles. The van der Waals surface area contributed by atoms with Gasteiger partial charge < -0.3 is 4.90 Å². The molecule has 0 N–H and O–H groups in total. The Kier molecular flexibility index (Phi) is 11.1. The second-order valence-electron chi connectivity index (χ2n) is 4.41. The number of nitrogens with zero attached hydrogens (tertiary/aromatic N) is 2. The molecule has 0 saturated heterocycles. The van der Waals surface area contributed by atoms with Crippen molar-refractivity contribution in [1.29, 1.82) is 0 Å². The summed E-state index contributed by atoms with van der Waals surface area (Å²) in [4.78, 5) is 4.58. The molecule has 0 aromatic carbocycles. The first-order chi connectivity index (χ1) is 6.36. The van der Waals surface area contributed by atoms with Gasteiger partial charge in [0, 0.05) is 12.1 Å². The predicted octanol–water partition coefficient (Wildman–Crippen LogP) is 2.69. The fourth-order valence-electron chi connectivity index (χ4n) is 1.33. The van der Waals surface area contributed by atoms with Crippen LogP contribution in [0.15, 0.2) is 0 Å². The minimum Gasteiger partial charge on any atom is -0.310 e. The van der Waals surface area contributed by atoms with Crippen molar-refractivity contribution < 1.29 is 0 Å². The van der Waals surface area contributed by atoms with Gasteiger partial charge >= 0.3 is 0 Å². The largest absolute Gasteiger partial charge is 0.310 e. The topological polar surface area (TPSA) is 6.48 Å². The average Bonchev–Trinajstić information content (AvgIpc) is 2.05. The van der Waals surface area contributed by atoms with Gasteiger partial charge in [-0.2, -0.15) is 0 Å². The van der Waals surface area contributed by atoms with Crippen LogP contribution in [0.1, 0.15) is 41.5 Å². The van der Waals surface area contributed by atoms with E-state index in [1.54, 1.807) is 0 Å². The summed E-state index contributed by atoms with van der Waals surface area (Å²) < 4.78 is 0. The number of rotatable bonds is 4. The van der Waals surface area contributed by atoms with Gasteiger partial charge in [-0.3, -0.25) is 4.90 Å². The minimum atomic E-state index is 0.690. The van der Waals surface area contributed by atoms with Crippen molar-refractivity contribution in [1.82, 2.24) is 9.80 Å². The van der Waals surface area contributed by atoms with Crippen molar-refractivity contribution >= 4 is 0 Å². The molecule has 0 spiro atoms. The smallest absolute Gasteiger partial charge is 0.00411 e. The molecule has 0 amide bonds. The van der Waals surface area contributed by atoms with Crippen LogP contribution in [0.2, 0.25) is 0 Å². The Balaban J connectivity index is 0. The third-order valence-electron chi connectivity index (χ3n) is 2.32. The second-order valence-corrected chi connectivity index (χ2v) is 4.41. The van der Waals surface area contributed by atoms with E-state index in [9.17, 15) is 0 Å². The molecule has 0 aliphatic rings. The molecule has 2 nitrogen and oxygen atoms in total. The van der Waals surface area contributed by atoms with Gasteiger partial charge in [0.1, 0.15) is 0 Å². The van der Waals surface area contributed by atoms with E-state index < -0.39 is 0 Å². The molecule has 0 radical (unpaired) electrons. The molecule has 0 aromatic heterocycles. The van der Waals surface area contributed by atoms with Gasteiger partial charge in [0.25, 0.3) is 0 Å². The third kappa shape index (κ3) is 10.0. The van der Waals surface area contributed by atoms with E-state index in [0.717, 1.165) is 13.1 Å². The van der Waals surface area contributed by atoms with E-state index in [1.165, 1.54) is 0 Å². The summed E-state index contributed by atoms with van der Waals surface area (Å²) in [5, 5.41) is 0. The van der Waals surface area contributed by atoms with Gasteiger partial charge in [0.2, 0.25) is 0 Å². The highest BCUT2D eigenvalue weighted by Gasteiger charge is 2.08. The Bertz CT molecular complexity index is 101. The lowest BCUT2D eigenvalue weighted by molar-refractivity contribution is 0.185. The van der Waals surface area contributed by atoms with E-state index in [2.05, 4.69) is 65.4 Å². The second kappa shape index (κ2) is 9.47. The molecular formula is C12H30N2. The molecule has 88 valence electrons. The quantitative estimate of drug-likeness (QED) is 0.691. The highest BCUT2D eigenvalue weighted by molar-refractivity contribution is 4.64. The standard InChI is InChI=1S/C8H19N.C4H11N/c1-6-9(7(2)3)8(4)5;1-4-5(2)3/h7-8H,6H2,1-5H3;4H2,1-3H3. The van der Waals surface area contributed by atoms with Gasteiger partial charge in [-0.05, 0) is 54.9 Å². The van der Waals surface area contributed by atoms with Crippen LogP contribution in [-0.4, -0.2) is 49.1 Å². The van der Waals surface area contributed by atoms with Gasteiger partial charge in [-0.1, -0.05) is 13.8 Å². The van der Waals surface area contributed by atoms with E-state index in [-0.39, 0.29) is 0 Å².